The Morgan fingerprint density at radius 3 is 2.69 bits per heavy atom. The molecule has 0 saturated carbocycles. The molecule has 0 aliphatic carbocycles. The highest BCUT2D eigenvalue weighted by Crippen LogP contribution is 2.29. The van der Waals surface area contributed by atoms with Crippen LogP contribution in [0.15, 0.2) is 24.8 Å². The summed E-state index contributed by atoms with van der Waals surface area (Å²) in [4.78, 5) is 0. The third kappa shape index (κ3) is 2.11. The van der Waals surface area contributed by atoms with Gasteiger partial charge < -0.3 is 5.11 Å². The van der Waals surface area contributed by atoms with Crippen LogP contribution in [0.25, 0.3) is 6.08 Å². The fraction of sp³-hybridized carbons (Fsp3) is 0.333. The highest BCUT2D eigenvalue weighted by atomic mass is 16.3. The molecule has 0 fully saturated rings. The summed E-state index contributed by atoms with van der Waals surface area (Å²) in [6, 6.07) is 5.24. The normalized spacial score (nSPS) is 13.3. The van der Waals surface area contributed by atoms with Gasteiger partial charge in [0.05, 0.1) is 1.37 Å². The maximum Gasteiger partial charge on any atom is 0.115 e. The molecule has 1 aromatic rings. The molecule has 0 atom stereocenters. The lowest BCUT2D eigenvalue weighted by Crippen LogP contribution is -2.12. The van der Waals surface area contributed by atoms with Gasteiger partial charge in [0, 0.05) is 0 Å². The molecule has 0 radical (unpaired) electrons. The first-order valence-corrected chi connectivity index (χ1v) is 4.33. The zero-order valence-electron chi connectivity index (χ0n) is 9.33. The summed E-state index contributed by atoms with van der Waals surface area (Å²) in [7, 11) is 0. The highest BCUT2D eigenvalue weighted by Gasteiger charge is 2.16. The zero-order valence-corrected chi connectivity index (χ0v) is 8.33. The minimum Gasteiger partial charge on any atom is -0.508 e. The second-order valence-electron chi connectivity index (χ2n) is 4.19. The molecular formula is C12H16O. The van der Waals surface area contributed by atoms with Gasteiger partial charge in [-0.15, -0.1) is 0 Å². The maximum atomic E-state index is 9.40. The molecule has 1 nitrogen and oxygen atoms in total. The van der Waals surface area contributed by atoms with Crippen molar-refractivity contribution >= 4 is 6.08 Å². The van der Waals surface area contributed by atoms with Crippen LogP contribution in [0, 0.1) is 0 Å². The monoisotopic (exact) mass is 177 g/mol. The van der Waals surface area contributed by atoms with Gasteiger partial charge in [-0.2, -0.15) is 0 Å². The third-order valence-corrected chi connectivity index (χ3v) is 2.02. The van der Waals surface area contributed by atoms with Crippen LogP contribution in [0.1, 0.15) is 33.3 Å². The molecule has 1 aromatic carbocycles. The Morgan fingerprint density at radius 1 is 1.46 bits per heavy atom. The van der Waals surface area contributed by atoms with Crippen LogP contribution in [0.2, 0.25) is 0 Å². The number of phenols is 1. The van der Waals surface area contributed by atoms with Crippen LogP contribution >= 0.6 is 0 Å². The lowest BCUT2D eigenvalue weighted by Gasteiger charge is -2.21. The van der Waals surface area contributed by atoms with Gasteiger partial charge in [-0.3, -0.25) is 0 Å². The molecule has 0 aliphatic heterocycles. The number of hydrogen-bond donors (Lipinski definition) is 1. The number of rotatable bonds is 1. The van der Waals surface area contributed by atoms with E-state index in [4.69, 9.17) is 1.37 Å². The Kier molecular flexibility index (Phi) is 2.09. The fourth-order valence-electron chi connectivity index (χ4n) is 1.34. The zero-order chi connectivity index (χ0) is 10.8. The van der Waals surface area contributed by atoms with E-state index in [1.165, 1.54) is 6.55 Å². The summed E-state index contributed by atoms with van der Waals surface area (Å²) in [5, 5.41) is 9.40. The Labute approximate surface area is 81.1 Å². The van der Waals surface area contributed by atoms with E-state index in [-0.39, 0.29) is 11.2 Å². The largest absolute Gasteiger partial charge is 0.508 e. The van der Waals surface area contributed by atoms with Gasteiger partial charge in [0.15, 0.2) is 0 Å². The quantitative estimate of drug-likeness (QED) is 0.697. The van der Waals surface area contributed by atoms with E-state index in [0.29, 0.717) is 0 Å². The Morgan fingerprint density at radius 2 is 2.15 bits per heavy atom. The molecule has 0 aliphatic rings. The van der Waals surface area contributed by atoms with Crippen LogP contribution < -0.4 is 0 Å². The van der Waals surface area contributed by atoms with Gasteiger partial charge in [-0.05, 0) is 28.7 Å². The smallest absolute Gasteiger partial charge is 0.115 e. The average molecular weight is 177 g/mol. The summed E-state index contributed by atoms with van der Waals surface area (Å²) < 4.78 is 7.05. The Hall–Kier alpha value is -1.24. The van der Waals surface area contributed by atoms with E-state index in [1.54, 1.807) is 18.2 Å². The van der Waals surface area contributed by atoms with E-state index in [2.05, 4.69) is 20.8 Å². The molecule has 1 rings (SSSR count). The van der Waals surface area contributed by atoms with Gasteiger partial charge in [-0.1, -0.05) is 39.5 Å². The van der Waals surface area contributed by atoms with E-state index < -0.39 is 0 Å². The predicted octanol–water partition coefficient (Wildman–Crippen LogP) is 3.33. The Bertz CT molecular complexity index is 348. The van der Waals surface area contributed by atoms with Crippen molar-refractivity contribution in [2.24, 2.45) is 0 Å². The fourth-order valence-corrected chi connectivity index (χ4v) is 1.34. The number of hydrogen-bond acceptors (Lipinski definition) is 1. The van der Waals surface area contributed by atoms with Gasteiger partial charge >= 0.3 is 0 Å². The minimum atomic E-state index is -0.0203. The predicted molar refractivity (Wildman–Crippen MR) is 56.9 cm³/mol. The van der Waals surface area contributed by atoms with E-state index in [9.17, 15) is 5.11 Å². The first-order valence-electron chi connectivity index (χ1n) is 4.91. The SMILES string of the molecule is [2H]C=Cc1ccc(O)cc1C(C)(C)C. The minimum absolute atomic E-state index is 0.0203. The van der Waals surface area contributed by atoms with Crippen LogP contribution in [-0.2, 0) is 5.41 Å². The lowest BCUT2D eigenvalue weighted by molar-refractivity contribution is 0.471. The summed E-state index contributed by atoms with van der Waals surface area (Å²) in [5.74, 6) is 0.275. The van der Waals surface area contributed by atoms with Gasteiger partial charge in [-0.25, -0.2) is 0 Å². The van der Waals surface area contributed by atoms with E-state index in [0.717, 1.165) is 11.1 Å². The molecule has 0 amide bonds. The third-order valence-electron chi connectivity index (χ3n) is 2.02. The molecule has 0 heterocycles. The van der Waals surface area contributed by atoms with Crippen molar-refractivity contribution in [3.8, 4) is 5.75 Å². The molecule has 0 unspecified atom stereocenters. The standard InChI is InChI=1S/C12H16O/c1-5-9-6-7-10(13)8-11(9)12(2,3)4/h5-8,13H,1H2,2-4H3/i1D. The van der Waals surface area contributed by atoms with Crippen LogP contribution in [-0.4, -0.2) is 5.11 Å². The van der Waals surface area contributed by atoms with Crippen molar-refractivity contribution in [2.45, 2.75) is 26.2 Å². The maximum absolute atomic E-state index is 9.40. The number of phenolic OH excluding ortho intramolecular Hbond substituents is 1. The Balaban J connectivity index is 3.30. The average Bonchev–Trinajstić information content (AvgIpc) is 2.07. The summed E-state index contributed by atoms with van der Waals surface area (Å²) in [6.07, 6.45) is 1.74. The van der Waals surface area contributed by atoms with Gasteiger partial charge in [0.1, 0.15) is 5.75 Å². The summed E-state index contributed by atoms with van der Waals surface area (Å²) >= 11 is 0. The van der Waals surface area contributed by atoms with Crippen molar-refractivity contribution in [3.05, 3.63) is 35.9 Å². The van der Waals surface area contributed by atoms with Crippen LogP contribution in [0.4, 0.5) is 0 Å². The van der Waals surface area contributed by atoms with Crippen molar-refractivity contribution in [1.82, 2.24) is 0 Å². The molecule has 13 heavy (non-hydrogen) atoms. The van der Waals surface area contributed by atoms with Crippen molar-refractivity contribution in [1.29, 1.82) is 0 Å². The second kappa shape index (κ2) is 3.25. The van der Waals surface area contributed by atoms with Crippen molar-refractivity contribution in [2.75, 3.05) is 0 Å². The summed E-state index contributed by atoms with van der Waals surface area (Å²) in [6.45, 7) is 7.52. The van der Waals surface area contributed by atoms with E-state index >= 15 is 0 Å². The molecule has 1 heteroatoms. The molecular weight excluding hydrogens is 160 g/mol. The molecule has 0 saturated heterocycles. The van der Waals surface area contributed by atoms with Crippen molar-refractivity contribution in [3.63, 3.8) is 0 Å². The molecule has 0 aromatic heterocycles. The molecule has 1 N–H and O–H groups in total. The highest BCUT2D eigenvalue weighted by molar-refractivity contribution is 5.55. The van der Waals surface area contributed by atoms with E-state index in [1.807, 2.05) is 6.07 Å². The van der Waals surface area contributed by atoms with Crippen LogP contribution in [0.3, 0.4) is 0 Å². The van der Waals surface area contributed by atoms with Gasteiger partial charge in [0.2, 0.25) is 0 Å². The lowest BCUT2D eigenvalue weighted by atomic mass is 9.83. The molecule has 0 spiro atoms. The van der Waals surface area contributed by atoms with Gasteiger partial charge in [0.25, 0.3) is 0 Å². The molecule has 0 bridgehead atoms. The number of benzene rings is 1. The first kappa shape index (κ1) is 8.36. The van der Waals surface area contributed by atoms with Crippen LogP contribution in [0.5, 0.6) is 5.75 Å². The topological polar surface area (TPSA) is 20.2 Å². The second-order valence-corrected chi connectivity index (χ2v) is 4.19. The summed E-state index contributed by atoms with van der Waals surface area (Å²) in [5.41, 5.74) is 2.03. The number of aromatic hydroxyl groups is 1. The molecule has 70 valence electrons. The van der Waals surface area contributed by atoms with Crippen molar-refractivity contribution < 1.29 is 6.48 Å². The first-order chi connectivity index (χ1) is 6.45.